The molecule has 0 saturated carbocycles. The molecule has 6 aromatic rings. The van der Waals surface area contributed by atoms with E-state index in [1.165, 1.54) is 44.1 Å². The molecule has 31 heavy (non-hydrogen) atoms. The van der Waals surface area contributed by atoms with Crippen molar-refractivity contribution < 1.29 is 0 Å². The SMILES string of the molecule is c1ccc2c(c1)-c1ccccc1C2n1c2ccccc2c2cc(-c3nn[nH]n3)ccc21. The molecule has 0 radical (unpaired) electrons. The molecular weight excluding hydrogens is 382 g/mol. The third kappa shape index (κ3) is 2.23. The Morgan fingerprint density at radius 1 is 0.677 bits per heavy atom. The Hall–Kier alpha value is -4.25. The molecule has 7 rings (SSSR count). The number of nitrogens with zero attached hydrogens (tertiary/aromatic N) is 4. The van der Waals surface area contributed by atoms with Crippen LogP contribution in [0.4, 0.5) is 0 Å². The molecule has 1 aliphatic carbocycles. The van der Waals surface area contributed by atoms with Gasteiger partial charge in [0.05, 0.1) is 11.6 Å². The maximum Gasteiger partial charge on any atom is 0.204 e. The topological polar surface area (TPSA) is 59.4 Å². The summed E-state index contributed by atoms with van der Waals surface area (Å²) < 4.78 is 2.48. The normalized spacial score (nSPS) is 13.0. The van der Waals surface area contributed by atoms with E-state index >= 15 is 0 Å². The Labute approximate surface area is 178 Å². The molecular formula is C26H17N5. The van der Waals surface area contributed by atoms with Crippen molar-refractivity contribution >= 4 is 21.8 Å². The molecule has 2 aromatic heterocycles. The van der Waals surface area contributed by atoms with Crippen molar-refractivity contribution in [2.45, 2.75) is 6.04 Å². The third-order valence-corrected chi connectivity index (χ3v) is 6.37. The van der Waals surface area contributed by atoms with Crippen molar-refractivity contribution in [2.24, 2.45) is 0 Å². The molecule has 0 atom stereocenters. The highest BCUT2D eigenvalue weighted by atomic mass is 15.5. The minimum absolute atomic E-state index is 0.130. The Kier molecular flexibility index (Phi) is 3.27. The fraction of sp³-hybridized carbons (Fsp3) is 0.0385. The number of rotatable bonds is 2. The molecule has 5 nitrogen and oxygen atoms in total. The van der Waals surface area contributed by atoms with E-state index in [9.17, 15) is 0 Å². The molecule has 0 saturated heterocycles. The predicted molar refractivity (Wildman–Crippen MR) is 122 cm³/mol. The van der Waals surface area contributed by atoms with Gasteiger partial charge in [-0.25, -0.2) is 0 Å². The van der Waals surface area contributed by atoms with Crippen LogP contribution < -0.4 is 0 Å². The van der Waals surface area contributed by atoms with Crippen LogP contribution in [0.1, 0.15) is 17.2 Å². The monoisotopic (exact) mass is 399 g/mol. The number of aromatic amines is 1. The summed E-state index contributed by atoms with van der Waals surface area (Å²) in [7, 11) is 0. The van der Waals surface area contributed by atoms with E-state index in [2.05, 4.69) is 116 Å². The summed E-state index contributed by atoms with van der Waals surface area (Å²) in [4.78, 5) is 0. The molecule has 0 aliphatic heterocycles. The molecule has 146 valence electrons. The van der Waals surface area contributed by atoms with Crippen LogP contribution in [0.5, 0.6) is 0 Å². The van der Waals surface area contributed by atoms with E-state index in [1.807, 2.05) is 0 Å². The first-order valence-corrected chi connectivity index (χ1v) is 10.3. The molecule has 5 heteroatoms. The van der Waals surface area contributed by atoms with E-state index in [0.717, 1.165) is 5.56 Å². The van der Waals surface area contributed by atoms with Gasteiger partial charge >= 0.3 is 0 Å². The Morgan fingerprint density at radius 2 is 1.35 bits per heavy atom. The Balaban J connectivity index is 1.58. The predicted octanol–water partition coefficient (Wildman–Crippen LogP) is 5.59. The lowest BCUT2D eigenvalue weighted by Crippen LogP contribution is -2.09. The lowest BCUT2D eigenvalue weighted by Gasteiger charge is -2.19. The van der Waals surface area contributed by atoms with Crippen LogP contribution in [0.15, 0.2) is 91.0 Å². The highest BCUT2D eigenvalue weighted by Crippen LogP contribution is 2.48. The van der Waals surface area contributed by atoms with Crippen molar-refractivity contribution in [1.29, 1.82) is 0 Å². The van der Waals surface area contributed by atoms with Gasteiger partial charge in [0, 0.05) is 21.9 Å². The van der Waals surface area contributed by atoms with E-state index in [1.54, 1.807) is 0 Å². The largest absolute Gasteiger partial charge is 0.329 e. The number of aromatic nitrogens is 5. The van der Waals surface area contributed by atoms with Gasteiger partial charge in [-0.05, 0) is 51.7 Å². The number of nitrogens with one attached hydrogen (secondary N) is 1. The average molecular weight is 399 g/mol. The van der Waals surface area contributed by atoms with Gasteiger partial charge in [0.1, 0.15) is 0 Å². The first-order valence-electron chi connectivity index (χ1n) is 10.3. The first-order chi connectivity index (χ1) is 15.4. The number of para-hydroxylation sites is 1. The number of benzene rings is 4. The van der Waals surface area contributed by atoms with Crippen molar-refractivity contribution in [3.63, 3.8) is 0 Å². The number of fused-ring (bicyclic) bond motifs is 6. The zero-order valence-electron chi connectivity index (χ0n) is 16.5. The quantitative estimate of drug-likeness (QED) is 0.412. The van der Waals surface area contributed by atoms with Crippen molar-refractivity contribution in [1.82, 2.24) is 25.2 Å². The van der Waals surface area contributed by atoms with Gasteiger partial charge in [-0.15, -0.1) is 10.2 Å². The molecule has 1 aliphatic rings. The van der Waals surface area contributed by atoms with Crippen LogP contribution >= 0.6 is 0 Å². The molecule has 0 unspecified atom stereocenters. The lowest BCUT2D eigenvalue weighted by atomic mass is 10.0. The van der Waals surface area contributed by atoms with Gasteiger partial charge in [-0.3, -0.25) is 0 Å². The van der Waals surface area contributed by atoms with Crippen molar-refractivity contribution in [3.05, 3.63) is 102 Å². The minimum atomic E-state index is 0.130. The van der Waals surface area contributed by atoms with E-state index in [-0.39, 0.29) is 6.04 Å². The van der Waals surface area contributed by atoms with Gasteiger partial charge in [0.25, 0.3) is 0 Å². The number of tetrazole rings is 1. The zero-order chi connectivity index (χ0) is 20.4. The smallest absolute Gasteiger partial charge is 0.204 e. The van der Waals surface area contributed by atoms with Crippen molar-refractivity contribution in [2.75, 3.05) is 0 Å². The second-order valence-corrected chi connectivity index (χ2v) is 7.93. The molecule has 2 heterocycles. The Morgan fingerprint density at radius 3 is 2.10 bits per heavy atom. The third-order valence-electron chi connectivity index (χ3n) is 6.37. The standard InChI is InChI=1S/C26H17N5/c1-3-10-20-17(7-1)18-8-2-4-11-21(18)25(20)31-23-12-6-5-9-19(23)22-15-16(13-14-24(22)31)26-27-29-30-28-26/h1-15,25H,(H,27,28,29,30). The average Bonchev–Trinajstić information content (AvgIpc) is 3.54. The highest BCUT2D eigenvalue weighted by molar-refractivity contribution is 6.09. The summed E-state index contributed by atoms with van der Waals surface area (Å²) in [5.74, 6) is 0.607. The van der Waals surface area contributed by atoms with E-state index in [0.29, 0.717) is 5.82 Å². The summed E-state index contributed by atoms with van der Waals surface area (Å²) in [6.45, 7) is 0. The van der Waals surface area contributed by atoms with Gasteiger partial charge in [-0.1, -0.05) is 66.7 Å². The summed E-state index contributed by atoms with van der Waals surface area (Å²) >= 11 is 0. The molecule has 0 fully saturated rings. The summed E-state index contributed by atoms with van der Waals surface area (Å²) in [6.07, 6.45) is 0. The van der Waals surface area contributed by atoms with Gasteiger partial charge < -0.3 is 4.57 Å². The second-order valence-electron chi connectivity index (χ2n) is 7.93. The van der Waals surface area contributed by atoms with Crippen LogP contribution in [0.25, 0.3) is 44.3 Å². The fourth-order valence-electron chi connectivity index (χ4n) is 5.11. The summed E-state index contributed by atoms with van der Waals surface area (Å²) in [6, 6.07) is 32.7. The van der Waals surface area contributed by atoms with Crippen molar-refractivity contribution in [3.8, 4) is 22.5 Å². The van der Waals surface area contributed by atoms with Crippen LogP contribution in [0.2, 0.25) is 0 Å². The maximum atomic E-state index is 4.16. The molecule has 4 aromatic carbocycles. The van der Waals surface area contributed by atoms with E-state index in [4.69, 9.17) is 0 Å². The number of H-pyrrole nitrogens is 1. The zero-order valence-corrected chi connectivity index (χ0v) is 16.5. The van der Waals surface area contributed by atoms with Crippen LogP contribution in [-0.4, -0.2) is 25.2 Å². The second kappa shape index (κ2) is 6.12. The number of hydrogen-bond donors (Lipinski definition) is 1. The van der Waals surface area contributed by atoms with Gasteiger partial charge in [0.2, 0.25) is 5.82 Å². The van der Waals surface area contributed by atoms with Gasteiger partial charge in [-0.2, -0.15) is 5.21 Å². The lowest BCUT2D eigenvalue weighted by molar-refractivity contribution is 0.746. The van der Waals surface area contributed by atoms with Crippen LogP contribution in [0, 0.1) is 0 Å². The molecule has 0 spiro atoms. The van der Waals surface area contributed by atoms with E-state index < -0.39 is 0 Å². The first kappa shape index (κ1) is 16.5. The summed E-state index contributed by atoms with van der Waals surface area (Å²) in [5, 5.41) is 17.0. The molecule has 0 amide bonds. The molecule has 0 bridgehead atoms. The van der Waals surface area contributed by atoms with Gasteiger partial charge in [0.15, 0.2) is 0 Å². The Bertz CT molecular complexity index is 1550. The minimum Gasteiger partial charge on any atom is -0.329 e. The summed E-state index contributed by atoms with van der Waals surface area (Å²) in [5.41, 5.74) is 8.69. The van der Waals surface area contributed by atoms with Crippen LogP contribution in [0.3, 0.4) is 0 Å². The van der Waals surface area contributed by atoms with Crippen LogP contribution in [-0.2, 0) is 0 Å². The maximum absolute atomic E-state index is 4.16. The molecule has 1 N–H and O–H groups in total. The number of hydrogen-bond acceptors (Lipinski definition) is 3. The highest BCUT2D eigenvalue weighted by Gasteiger charge is 2.31. The fourth-order valence-corrected chi connectivity index (χ4v) is 5.11.